The van der Waals surface area contributed by atoms with Gasteiger partial charge in [0.05, 0.1) is 10.8 Å². The Kier molecular flexibility index (Phi) is 4.92. The minimum Gasteiger partial charge on any atom is -0.455 e. The summed E-state index contributed by atoms with van der Waals surface area (Å²) in [6.45, 7) is 3.31. The summed E-state index contributed by atoms with van der Waals surface area (Å²) in [6, 6.07) is 8.94. The first-order valence-electron chi connectivity index (χ1n) is 7.79. The fourth-order valence-electron chi connectivity index (χ4n) is 2.56. The molecule has 1 aliphatic heterocycles. The molecule has 2 fully saturated rings. The van der Waals surface area contributed by atoms with Crippen molar-refractivity contribution in [2.45, 2.75) is 49.8 Å². The molecule has 1 aromatic carbocycles. The summed E-state index contributed by atoms with van der Waals surface area (Å²) in [7, 11) is 0. The van der Waals surface area contributed by atoms with Gasteiger partial charge in [-0.15, -0.1) is 11.8 Å². The second-order valence-corrected chi connectivity index (χ2v) is 7.38. The number of carbonyl (C=O) groups is 2. The molecular formula is C17H20O5S. The fraction of sp³-hybridized carbons (Fsp3) is 0.529. The predicted octanol–water partition coefficient (Wildman–Crippen LogP) is 2.99. The smallest absolute Gasteiger partial charge is 0.338 e. The molecule has 1 aliphatic carbocycles. The first kappa shape index (κ1) is 16.3. The van der Waals surface area contributed by atoms with Gasteiger partial charge in [-0.2, -0.15) is 0 Å². The third kappa shape index (κ3) is 4.06. The quantitative estimate of drug-likeness (QED) is 0.770. The maximum absolute atomic E-state index is 12.3. The van der Waals surface area contributed by atoms with Crippen LogP contribution in [0, 0.1) is 5.92 Å². The van der Waals surface area contributed by atoms with Gasteiger partial charge in [-0.25, -0.2) is 4.79 Å². The molecule has 124 valence electrons. The summed E-state index contributed by atoms with van der Waals surface area (Å²) in [5.74, 6) is -0.383. The average molecular weight is 336 g/mol. The van der Waals surface area contributed by atoms with Crippen molar-refractivity contribution in [1.82, 2.24) is 0 Å². The van der Waals surface area contributed by atoms with E-state index in [2.05, 4.69) is 0 Å². The second kappa shape index (κ2) is 6.93. The zero-order chi connectivity index (χ0) is 16.4. The Balaban J connectivity index is 1.66. The van der Waals surface area contributed by atoms with E-state index in [9.17, 15) is 9.59 Å². The van der Waals surface area contributed by atoms with Crippen molar-refractivity contribution >= 4 is 23.7 Å². The zero-order valence-corrected chi connectivity index (χ0v) is 14.0. The van der Waals surface area contributed by atoms with Crippen LogP contribution in [0.25, 0.3) is 0 Å². The molecule has 0 spiro atoms. The molecule has 1 aromatic rings. The fourth-order valence-corrected chi connectivity index (χ4v) is 3.83. The number of hydrogen-bond acceptors (Lipinski definition) is 6. The van der Waals surface area contributed by atoms with Crippen LogP contribution in [0.3, 0.4) is 0 Å². The van der Waals surface area contributed by atoms with Crippen molar-refractivity contribution in [3.63, 3.8) is 0 Å². The normalized spacial score (nSPS) is 28.2. The number of esters is 2. The number of carbonyl (C=O) groups excluding carboxylic acids is 2. The summed E-state index contributed by atoms with van der Waals surface area (Å²) in [4.78, 5) is 23.4. The van der Waals surface area contributed by atoms with Gasteiger partial charge in [-0.1, -0.05) is 18.2 Å². The summed E-state index contributed by atoms with van der Waals surface area (Å²) in [6.07, 6.45) is 1.16. The van der Waals surface area contributed by atoms with Crippen LogP contribution in [0.1, 0.15) is 37.0 Å². The van der Waals surface area contributed by atoms with E-state index in [1.54, 1.807) is 23.9 Å². The highest BCUT2D eigenvalue weighted by Crippen LogP contribution is 2.44. The molecule has 0 bridgehead atoms. The lowest BCUT2D eigenvalue weighted by atomic mass is 10.2. The van der Waals surface area contributed by atoms with Gasteiger partial charge in [0.25, 0.3) is 0 Å². The lowest BCUT2D eigenvalue weighted by molar-refractivity contribution is -0.180. The minimum atomic E-state index is -0.584. The first-order valence-corrected chi connectivity index (χ1v) is 8.73. The Morgan fingerprint density at radius 3 is 2.57 bits per heavy atom. The molecule has 6 heteroatoms. The predicted molar refractivity (Wildman–Crippen MR) is 85.8 cm³/mol. The van der Waals surface area contributed by atoms with Crippen LogP contribution < -0.4 is 0 Å². The Hall–Kier alpha value is -1.53. The van der Waals surface area contributed by atoms with Crippen LogP contribution in [0.5, 0.6) is 0 Å². The Morgan fingerprint density at radius 2 is 1.96 bits per heavy atom. The van der Waals surface area contributed by atoms with E-state index in [0.29, 0.717) is 11.5 Å². The topological polar surface area (TPSA) is 61.8 Å². The third-order valence-corrected chi connectivity index (χ3v) is 5.19. The molecule has 23 heavy (non-hydrogen) atoms. The standard InChI is InChI=1S/C17H20O5S/c1-10-16(20-11(2)18)22-17(23-10)14(12-8-9-12)21-15(19)13-6-4-3-5-7-13/h3-7,10,12,14,16-17H,8-9H2,1-2H3/t10-,14-,16?,17-/m0/s1. The molecule has 0 aromatic heterocycles. The van der Waals surface area contributed by atoms with Crippen LogP contribution in [0.15, 0.2) is 30.3 Å². The lowest BCUT2D eigenvalue weighted by Crippen LogP contribution is -2.33. The number of benzene rings is 1. The van der Waals surface area contributed by atoms with Crippen molar-refractivity contribution in [1.29, 1.82) is 0 Å². The molecular weight excluding hydrogens is 316 g/mol. The number of hydrogen-bond donors (Lipinski definition) is 0. The van der Waals surface area contributed by atoms with Gasteiger partial charge < -0.3 is 14.2 Å². The van der Waals surface area contributed by atoms with Gasteiger partial charge >= 0.3 is 11.9 Å². The highest BCUT2D eigenvalue weighted by atomic mass is 32.2. The van der Waals surface area contributed by atoms with Gasteiger partial charge in [0.15, 0.2) is 0 Å². The molecule has 0 radical (unpaired) electrons. The number of rotatable bonds is 5. The summed E-state index contributed by atoms with van der Waals surface area (Å²) < 4.78 is 16.7. The molecule has 0 amide bonds. The number of ether oxygens (including phenoxy) is 3. The van der Waals surface area contributed by atoms with E-state index in [1.165, 1.54) is 6.92 Å². The van der Waals surface area contributed by atoms with Gasteiger partial charge in [-0.3, -0.25) is 4.79 Å². The lowest BCUT2D eigenvalue weighted by Gasteiger charge is -2.23. The molecule has 1 heterocycles. The van der Waals surface area contributed by atoms with E-state index >= 15 is 0 Å². The molecule has 2 aliphatic rings. The van der Waals surface area contributed by atoms with E-state index in [4.69, 9.17) is 14.2 Å². The Labute approximate surface area is 139 Å². The molecule has 1 saturated heterocycles. The van der Waals surface area contributed by atoms with Gasteiger partial charge in [0.1, 0.15) is 11.5 Å². The highest BCUT2D eigenvalue weighted by molar-refractivity contribution is 8.00. The van der Waals surface area contributed by atoms with Crippen molar-refractivity contribution in [3.05, 3.63) is 35.9 Å². The maximum atomic E-state index is 12.3. The van der Waals surface area contributed by atoms with Crippen LogP contribution >= 0.6 is 11.8 Å². The van der Waals surface area contributed by atoms with Crippen LogP contribution in [-0.4, -0.2) is 35.0 Å². The number of thioether (sulfide) groups is 1. The van der Waals surface area contributed by atoms with Gasteiger partial charge in [0.2, 0.25) is 6.29 Å². The summed E-state index contributed by atoms with van der Waals surface area (Å²) in [5, 5.41) is 0.0144. The van der Waals surface area contributed by atoms with Crippen LogP contribution in [0.2, 0.25) is 0 Å². The summed E-state index contributed by atoms with van der Waals surface area (Å²) >= 11 is 1.55. The van der Waals surface area contributed by atoms with Crippen molar-refractivity contribution in [2.24, 2.45) is 5.92 Å². The van der Waals surface area contributed by atoms with Crippen LogP contribution in [-0.2, 0) is 19.0 Å². The summed E-state index contributed by atoms with van der Waals surface area (Å²) in [5.41, 5.74) is 0.236. The van der Waals surface area contributed by atoms with Gasteiger partial charge in [-0.05, 0) is 37.8 Å². The molecule has 1 saturated carbocycles. The van der Waals surface area contributed by atoms with E-state index in [0.717, 1.165) is 12.8 Å². The molecule has 3 rings (SSSR count). The monoisotopic (exact) mass is 336 g/mol. The third-order valence-electron chi connectivity index (χ3n) is 3.89. The minimum absolute atomic E-state index is 0.0144. The Bertz CT molecular complexity index is 572. The van der Waals surface area contributed by atoms with Gasteiger partial charge in [0, 0.05) is 6.92 Å². The first-order chi connectivity index (χ1) is 11.0. The highest BCUT2D eigenvalue weighted by Gasteiger charge is 2.47. The van der Waals surface area contributed by atoms with E-state index in [1.807, 2.05) is 25.1 Å². The SMILES string of the molecule is CC(=O)OC1O[C@H]([C@@H](OC(=O)c2ccccc2)C2CC2)S[C@H]1C. The van der Waals surface area contributed by atoms with Crippen molar-refractivity contribution in [3.8, 4) is 0 Å². The zero-order valence-electron chi connectivity index (χ0n) is 13.1. The molecule has 1 unspecified atom stereocenters. The van der Waals surface area contributed by atoms with Crippen molar-refractivity contribution in [2.75, 3.05) is 0 Å². The second-order valence-electron chi connectivity index (χ2n) is 5.90. The maximum Gasteiger partial charge on any atom is 0.338 e. The molecule has 0 N–H and O–H groups in total. The Morgan fingerprint density at radius 1 is 1.26 bits per heavy atom. The van der Waals surface area contributed by atoms with E-state index in [-0.39, 0.29) is 28.7 Å². The average Bonchev–Trinajstić information content (AvgIpc) is 3.30. The largest absolute Gasteiger partial charge is 0.455 e. The van der Waals surface area contributed by atoms with E-state index < -0.39 is 6.29 Å². The molecule has 5 nitrogen and oxygen atoms in total. The molecule has 4 atom stereocenters. The van der Waals surface area contributed by atoms with Crippen LogP contribution in [0.4, 0.5) is 0 Å². The van der Waals surface area contributed by atoms with Crippen molar-refractivity contribution < 1.29 is 23.8 Å².